The molecule has 0 aromatic carbocycles. The van der Waals surface area contributed by atoms with E-state index in [0.29, 0.717) is 5.92 Å². The largest absolute Gasteiger partial charge is 0.313 e. The molecular weight excluding hydrogens is 238 g/mol. The standard InChI is InChI=1S/C12H15NOS2/c14-11(8-15)13-12-10(6-7-16-12)9-4-2-1-3-5-9/h6-9H,1-5H2,(H,13,14). The van der Waals surface area contributed by atoms with Gasteiger partial charge in [0.1, 0.15) is 0 Å². The van der Waals surface area contributed by atoms with Gasteiger partial charge in [0.25, 0.3) is 5.91 Å². The Morgan fingerprint density at radius 3 is 2.88 bits per heavy atom. The van der Waals surface area contributed by atoms with E-state index in [4.69, 9.17) is 0 Å². The first kappa shape index (κ1) is 11.7. The SMILES string of the molecule is O=C(C=S)Nc1sccc1C1CCCCC1. The first-order valence-corrected chi connectivity index (χ1v) is 7.00. The summed E-state index contributed by atoms with van der Waals surface area (Å²) in [4.78, 5) is 11.3. The van der Waals surface area contributed by atoms with Gasteiger partial charge in [0.2, 0.25) is 0 Å². The monoisotopic (exact) mass is 253 g/mol. The minimum absolute atomic E-state index is 0.186. The maximum atomic E-state index is 11.3. The maximum Gasteiger partial charge on any atom is 0.259 e. The summed E-state index contributed by atoms with van der Waals surface area (Å²) in [6, 6.07) is 2.14. The lowest BCUT2D eigenvalue weighted by atomic mass is 9.85. The van der Waals surface area contributed by atoms with Crippen LogP contribution in [0.15, 0.2) is 11.4 Å². The highest BCUT2D eigenvalue weighted by atomic mass is 32.1. The molecule has 4 heteroatoms. The Labute approximate surface area is 105 Å². The van der Waals surface area contributed by atoms with Crippen molar-refractivity contribution in [2.45, 2.75) is 38.0 Å². The number of carbonyl (C=O) groups excluding carboxylic acids is 1. The van der Waals surface area contributed by atoms with Crippen LogP contribution in [0.1, 0.15) is 43.6 Å². The average Bonchev–Trinajstić information content (AvgIpc) is 2.78. The Hall–Kier alpha value is -0.740. The average molecular weight is 253 g/mol. The summed E-state index contributed by atoms with van der Waals surface area (Å²) in [5, 5.41) is 7.04. The summed E-state index contributed by atoms with van der Waals surface area (Å²) < 4.78 is 0. The van der Waals surface area contributed by atoms with E-state index in [9.17, 15) is 4.79 Å². The van der Waals surface area contributed by atoms with Crippen LogP contribution in [-0.2, 0) is 4.79 Å². The molecule has 2 nitrogen and oxygen atoms in total. The quantitative estimate of drug-likeness (QED) is 0.832. The second-order valence-electron chi connectivity index (χ2n) is 4.15. The van der Waals surface area contributed by atoms with Gasteiger partial charge in [-0.1, -0.05) is 31.5 Å². The molecule has 1 N–H and O–H groups in total. The summed E-state index contributed by atoms with van der Waals surface area (Å²) in [7, 11) is 0. The molecule has 1 aromatic rings. The fourth-order valence-corrected chi connectivity index (χ4v) is 3.24. The number of thiophene rings is 1. The third-order valence-electron chi connectivity index (χ3n) is 3.08. The molecule has 16 heavy (non-hydrogen) atoms. The molecule has 0 spiro atoms. The van der Waals surface area contributed by atoms with E-state index in [2.05, 4.69) is 23.6 Å². The van der Waals surface area contributed by atoms with Gasteiger partial charge in [0.05, 0.1) is 10.4 Å². The maximum absolute atomic E-state index is 11.3. The van der Waals surface area contributed by atoms with E-state index in [1.165, 1.54) is 37.7 Å². The molecular formula is C12H15NOS2. The number of nitrogens with one attached hydrogen (secondary N) is 1. The lowest BCUT2D eigenvalue weighted by molar-refractivity contribution is -0.109. The zero-order valence-corrected chi connectivity index (χ0v) is 10.7. The van der Waals surface area contributed by atoms with E-state index < -0.39 is 0 Å². The molecule has 0 unspecified atom stereocenters. The third-order valence-corrected chi connectivity index (χ3v) is 4.14. The number of hydrogen-bond donors (Lipinski definition) is 1. The van der Waals surface area contributed by atoms with Gasteiger partial charge in [-0.25, -0.2) is 0 Å². The Bertz CT molecular complexity index is 380. The fraction of sp³-hybridized carbons (Fsp3) is 0.500. The first-order chi connectivity index (χ1) is 7.81. The molecule has 0 bridgehead atoms. The Morgan fingerprint density at radius 2 is 2.19 bits per heavy atom. The molecule has 0 saturated heterocycles. The smallest absolute Gasteiger partial charge is 0.259 e. The van der Waals surface area contributed by atoms with E-state index in [1.807, 2.05) is 5.38 Å². The van der Waals surface area contributed by atoms with Crippen molar-refractivity contribution in [3.05, 3.63) is 17.0 Å². The van der Waals surface area contributed by atoms with Gasteiger partial charge in [-0.05, 0) is 35.8 Å². The van der Waals surface area contributed by atoms with Crippen LogP contribution in [-0.4, -0.2) is 11.3 Å². The van der Waals surface area contributed by atoms with Crippen LogP contribution in [0.2, 0.25) is 0 Å². The van der Waals surface area contributed by atoms with Gasteiger partial charge in [-0.15, -0.1) is 11.3 Å². The van der Waals surface area contributed by atoms with Gasteiger partial charge in [-0.2, -0.15) is 0 Å². The molecule has 0 aliphatic heterocycles. The van der Waals surface area contributed by atoms with Crippen LogP contribution >= 0.6 is 23.6 Å². The predicted octanol–water partition coefficient (Wildman–Crippen LogP) is 3.73. The normalized spacial score (nSPS) is 17.0. The van der Waals surface area contributed by atoms with Crippen LogP contribution in [0, 0.1) is 0 Å². The lowest BCUT2D eigenvalue weighted by Crippen LogP contribution is -2.13. The molecule has 1 aliphatic carbocycles. The highest BCUT2D eigenvalue weighted by Gasteiger charge is 2.19. The van der Waals surface area contributed by atoms with Gasteiger partial charge < -0.3 is 5.32 Å². The van der Waals surface area contributed by atoms with Crippen molar-refractivity contribution >= 4 is 39.8 Å². The molecule has 1 heterocycles. The van der Waals surface area contributed by atoms with Crippen LogP contribution in [0.5, 0.6) is 0 Å². The molecule has 0 atom stereocenters. The summed E-state index contributed by atoms with van der Waals surface area (Å²) in [5.74, 6) is 0.440. The van der Waals surface area contributed by atoms with Crippen molar-refractivity contribution in [3.8, 4) is 0 Å². The number of carbonyl (C=O) groups is 1. The van der Waals surface area contributed by atoms with Crippen LogP contribution in [0.3, 0.4) is 0 Å². The van der Waals surface area contributed by atoms with E-state index in [0.717, 1.165) is 10.4 Å². The Morgan fingerprint density at radius 1 is 1.44 bits per heavy atom. The van der Waals surface area contributed by atoms with E-state index >= 15 is 0 Å². The van der Waals surface area contributed by atoms with Crippen LogP contribution < -0.4 is 5.32 Å². The van der Waals surface area contributed by atoms with Gasteiger partial charge in [0, 0.05) is 0 Å². The first-order valence-electron chi connectivity index (χ1n) is 5.65. The summed E-state index contributed by atoms with van der Waals surface area (Å²) >= 11 is 6.20. The summed E-state index contributed by atoms with van der Waals surface area (Å²) in [5.41, 5.74) is 1.30. The van der Waals surface area contributed by atoms with Crippen LogP contribution in [0.25, 0.3) is 0 Å². The second kappa shape index (κ2) is 5.55. The lowest BCUT2D eigenvalue weighted by Gasteiger charge is -2.22. The number of anilines is 1. The van der Waals surface area contributed by atoms with Crippen LogP contribution in [0.4, 0.5) is 5.00 Å². The predicted molar refractivity (Wildman–Crippen MR) is 72.4 cm³/mol. The minimum Gasteiger partial charge on any atom is -0.313 e. The van der Waals surface area contributed by atoms with Crippen molar-refractivity contribution < 1.29 is 4.79 Å². The van der Waals surface area contributed by atoms with Crippen molar-refractivity contribution in [2.75, 3.05) is 5.32 Å². The highest BCUT2D eigenvalue weighted by Crippen LogP contribution is 2.38. The van der Waals surface area contributed by atoms with Crippen molar-refractivity contribution in [3.63, 3.8) is 0 Å². The number of hydrogen-bond acceptors (Lipinski definition) is 3. The van der Waals surface area contributed by atoms with Crippen molar-refractivity contribution in [1.29, 1.82) is 0 Å². The molecule has 1 aromatic heterocycles. The molecule has 1 fully saturated rings. The molecule has 1 aliphatic rings. The van der Waals surface area contributed by atoms with Crippen molar-refractivity contribution in [1.82, 2.24) is 0 Å². The number of amides is 1. The molecule has 1 amide bonds. The molecule has 1 saturated carbocycles. The fourth-order valence-electron chi connectivity index (χ4n) is 2.30. The Balaban J connectivity index is 2.11. The minimum atomic E-state index is -0.186. The van der Waals surface area contributed by atoms with Crippen molar-refractivity contribution in [2.24, 2.45) is 0 Å². The van der Waals surface area contributed by atoms with Gasteiger partial charge in [0.15, 0.2) is 0 Å². The molecule has 86 valence electrons. The second-order valence-corrected chi connectivity index (χ2v) is 5.30. The topological polar surface area (TPSA) is 29.1 Å². The zero-order valence-electron chi connectivity index (χ0n) is 9.07. The third kappa shape index (κ3) is 2.68. The Kier molecular flexibility index (Phi) is 4.07. The summed E-state index contributed by atoms with van der Waals surface area (Å²) in [6.45, 7) is 0. The molecule has 2 rings (SSSR count). The van der Waals surface area contributed by atoms with Gasteiger partial charge >= 0.3 is 0 Å². The van der Waals surface area contributed by atoms with Gasteiger partial charge in [-0.3, -0.25) is 4.79 Å². The number of rotatable bonds is 3. The summed E-state index contributed by atoms with van der Waals surface area (Å²) in [6.07, 6.45) is 6.46. The number of thiocarbonyl (C=S) groups is 1. The zero-order chi connectivity index (χ0) is 11.4. The van der Waals surface area contributed by atoms with E-state index in [1.54, 1.807) is 11.3 Å². The molecule has 0 radical (unpaired) electrons. The van der Waals surface area contributed by atoms with E-state index in [-0.39, 0.29) is 5.91 Å². The highest BCUT2D eigenvalue weighted by molar-refractivity contribution is 7.80.